The Hall–Kier alpha value is -0.120. The maximum absolute atomic E-state index is 6.44. The van der Waals surface area contributed by atoms with Crippen LogP contribution >= 0.6 is 0 Å². The summed E-state index contributed by atoms with van der Waals surface area (Å²) in [6, 6.07) is 0.989. The van der Waals surface area contributed by atoms with Gasteiger partial charge in [0.1, 0.15) is 0 Å². The standard InChI is InChI=1S/C16H33N3/c1-12(2)13-6-7-14(17)15(10-13)19-9-8-18(5)16(3,4)11-19/h12-15H,6-11,17H2,1-5H3. The highest BCUT2D eigenvalue weighted by atomic mass is 15.3. The zero-order chi connectivity index (χ0) is 14.2. The van der Waals surface area contributed by atoms with Gasteiger partial charge < -0.3 is 5.73 Å². The van der Waals surface area contributed by atoms with Crippen LogP contribution in [-0.2, 0) is 0 Å². The minimum atomic E-state index is 0.281. The fourth-order valence-electron chi connectivity index (χ4n) is 3.79. The number of nitrogens with two attached hydrogens (primary N) is 1. The fourth-order valence-corrected chi connectivity index (χ4v) is 3.79. The van der Waals surface area contributed by atoms with Crippen LogP contribution in [0.15, 0.2) is 0 Å². The van der Waals surface area contributed by atoms with E-state index in [0.717, 1.165) is 18.4 Å². The first kappa shape index (κ1) is 15.3. The van der Waals surface area contributed by atoms with Crippen LogP contribution in [0.25, 0.3) is 0 Å². The van der Waals surface area contributed by atoms with Gasteiger partial charge in [0.15, 0.2) is 0 Å². The molecule has 1 aliphatic heterocycles. The maximum Gasteiger partial charge on any atom is 0.0277 e. The Kier molecular flexibility index (Phi) is 4.59. The number of nitrogens with zero attached hydrogens (tertiary/aromatic N) is 2. The number of hydrogen-bond donors (Lipinski definition) is 1. The van der Waals surface area contributed by atoms with Crippen molar-refractivity contribution in [2.45, 2.75) is 64.6 Å². The summed E-state index contributed by atoms with van der Waals surface area (Å²) in [5.74, 6) is 1.67. The second kappa shape index (κ2) is 5.71. The molecule has 0 aromatic carbocycles. The van der Waals surface area contributed by atoms with Gasteiger partial charge in [0.25, 0.3) is 0 Å². The summed E-state index contributed by atoms with van der Waals surface area (Å²) in [6.07, 6.45) is 3.84. The van der Waals surface area contributed by atoms with Gasteiger partial charge in [0.2, 0.25) is 0 Å². The molecule has 3 heteroatoms. The van der Waals surface area contributed by atoms with Crippen molar-refractivity contribution in [3.63, 3.8) is 0 Å². The molecule has 1 saturated heterocycles. The van der Waals surface area contributed by atoms with Crippen molar-refractivity contribution in [2.75, 3.05) is 26.7 Å². The smallest absolute Gasteiger partial charge is 0.0277 e. The highest BCUT2D eigenvalue weighted by molar-refractivity contribution is 4.96. The second-order valence-electron chi connectivity index (χ2n) is 7.75. The summed E-state index contributed by atoms with van der Waals surface area (Å²) >= 11 is 0. The normalized spacial score (nSPS) is 37.7. The average molecular weight is 267 g/mol. The third-order valence-electron chi connectivity index (χ3n) is 5.67. The first-order valence-electron chi connectivity index (χ1n) is 8.02. The molecule has 0 amide bonds. The maximum atomic E-state index is 6.44. The van der Waals surface area contributed by atoms with Crippen LogP contribution in [0, 0.1) is 11.8 Å². The molecule has 2 N–H and O–H groups in total. The van der Waals surface area contributed by atoms with Gasteiger partial charge in [0.05, 0.1) is 0 Å². The average Bonchev–Trinajstić information content (AvgIpc) is 2.33. The van der Waals surface area contributed by atoms with E-state index in [0.29, 0.717) is 12.1 Å². The van der Waals surface area contributed by atoms with E-state index >= 15 is 0 Å². The molecule has 3 unspecified atom stereocenters. The molecule has 0 bridgehead atoms. The van der Waals surface area contributed by atoms with E-state index in [2.05, 4.69) is 44.5 Å². The minimum absolute atomic E-state index is 0.281. The fraction of sp³-hybridized carbons (Fsp3) is 1.00. The van der Waals surface area contributed by atoms with Crippen molar-refractivity contribution >= 4 is 0 Å². The van der Waals surface area contributed by atoms with Crippen LogP contribution < -0.4 is 5.73 Å². The van der Waals surface area contributed by atoms with Gasteiger partial charge >= 0.3 is 0 Å². The Labute approximate surface area is 119 Å². The summed E-state index contributed by atoms with van der Waals surface area (Å²) in [7, 11) is 2.25. The van der Waals surface area contributed by atoms with E-state index in [1.54, 1.807) is 0 Å². The predicted octanol–water partition coefficient (Wildman–Crippen LogP) is 2.16. The van der Waals surface area contributed by atoms with Gasteiger partial charge in [-0.3, -0.25) is 9.80 Å². The monoisotopic (exact) mass is 267 g/mol. The largest absolute Gasteiger partial charge is 0.326 e. The quantitative estimate of drug-likeness (QED) is 0.832. The highest BCUT2D eigenvalue weighted by Gasteiger charge is 2.39. The van der Waals surface area contributed by atoms with Gasteiger partial charge in [0, 0.05) is 37.3 Å². The third-order valence-corrected chi connectivity index (χ3v) is 5.67. The van der Waals surface area contributed by atoms with Crippen molar-refractivity contribution < 1.29 is 0 Å². The molecular formula is C16H33N3. The molecular weight excluding hydrogens is 234 g/mol. The molecule has 0 aromatic rings. The molecule has 3 nitrogen and oxygen atoms in total. The highest BCUT2D eigenvalue weighted by Crippen LogP contribution is 2.33. The van der Waals surface area contributed by atoms with E-state index in [1.165, 1.54) is 32.4 Å². The molecule has 0 aromatic heterocycles. The van der Waals surface area contributed by atoms with Gasteiger partial charge in [-0.25, -0.2) is 0 Å². The summed E-state index contributed by atoms with van der Waals surface area (Å²) in [6.45, 7) is 13.0. The molecule has 2 rings (SSSR count). The molecule has 2 aliphatic rings. The number of rotatable bonds is 2. The van der Waals surface area contributed by atoms with Crippen LogP contribution in [0.2, 0.25) is 0 Å². The molecule has 0 radical (unpaired) electrons. The summed E-state index contributed by atoms with van der Waals surface area (Å²) in [4.78, 5) is 5.16. The summed E-state index contributed by atoms with van der Waals surface area (Å²) < 4.78 is 0. The Balaban J connectivity index is 2.03. The van der Waals surface area contributed by atoms with Crippen LogP contribution in [0.5, 0.6) is 0 Å². The van der Waals surface area contributed by atoms with E-state index < -0.39 is 0 Å². The Bertz CT molecular complexity index is 300. The molecule has 1 saturated carbocycles. The lowest BCUT2D eigenvalue weighted by Crippen LogP contribution is -2.63. The summed E-state index contributed by atoms with van der Waals surface area (Å²) in [5, 5.41) is 0. The minimum Gasteiger partial charge on any atom is -0.326 e. The summed E-state index contributed by atoms with van der Waals surface area (Å²) in [5.41, 5.74) is 6.72. The first-order chi connectivity index (χ1) is 8.81. The Morgan fingerprint density at radius 2 is 1.84 bits per heavy atom. The van der Waals surface area contributed by atoms with Crippen molar-refractivity contribution in [2.24, 2.45) is 17.6 Å². The number of piperazine rings is 1. The van der Waals surface area contributed by atoms with E-state index in [1.807, 2.05) is 0 Å². The molecule has 0 spiro atoms. The molecule has 3 atom stereocenters. The van der Waals surface area contributed by atoms with Gasteiger partial charge in [-0.15, -0.1) is 0 Å². The molecule has 19 heavy (non-hydrogen) atoms. The van der Waals surface area contributed by atoms with Gasteiger partial charge in [-0.2, -0.15) is 0 Å². The predicted molar refractivity (Wildman–Crippen MR) is 82.2 cm³/mol. The number of hydrogen-bond acceptors (Lipinski definition) is 3. The van der Waals surface area contributed by atoms with Crippen molar-refractivity contribution in [1.82, 2.24) is 9.80 Å². The van der Waals surface area contributed by atoms with Crippen molar-refractivity contribution in [1.29, 1.82) is 0 Å². The van der Waals surface area contributed by atoms with Crippen LogP contribution in [-0.4, -0.2) is 54.1 Å². The lowest BCUT2D eigenvalue weighted by molar-refractivity contribution is -0.00714. The zero-order valence-corrected chi connectivity index (χ0v) is 13.5. The first-order valence-corrected chi connectivity index (χ1v) is 8.02. The van der Waals surface area contributed by atoms with Crippen molar-refractivity contribution in [3.05, 3.63) is 0 Å². The number of likely N-dealkylation sites (N-methyl/N-ethyl adjacent to an activating group) is 1. The molecule has 1 aliphatic carbocycles. The second-order valence-corrected chi connectivity index (χ2v) is 7.75. The van der Waals surface area contributed by atoms with Crippen LogP contribution in [0.4, 0.5) is 0 Å². The molecule has 112 valence electrons. The zero-order valence-electron chi connectivity index (χ0n) is 13.5. The van der Waals surface area contributed by atoms with Crippen LogP contribution in [0.3, 0.4) is 0 Å². The van der Waals surface area contributed by atoms with Gasteiger partial charge in [-0.05, 0) is 52.0 Å². The van der Waals surface area contributed by atoms with Crippen molar-refractivity contribution in [3.8, 4) is 0 Å². The van der Waals surface area contributed by atoms with E-state index in [4.69, 9.17) is 5.73 Å². The Morgan fingerprint density at radius 3 is 2.42 bits per heavy atom. The SMILES string of the molecule is CC(C)C1CCC(N)C(N2CCN(C)C(C)(C)C2)C1. The molecule has 2 fully saturated rings. The lowest BCUT2D eigenvalue weighted by atomic mass is 9.76. The van der Waals surface area contributed by atoms with Gasteiger partial charge in [-0.1, -0.05) is 13.8 Å². The topological polar surface area (TPSA) is 32.5 Å². The Morgan fingerprint density at radius 1 is 1.16 bits per heavy atom. The third kappa shape index (κ3) is 3.32. The van der Waals surface area contributed by atoms with E-state index in [9.17, 15) is 0 Å². The lowest BCUT2D eigenvalue weighted by Gasteiger charge is -2.51. The van der Waals surface area contributed by atoms with Crippen LogP contribution in [0.1, 0.15) is 47.0 Å². The van der Waals surface area contributed by atoms with E-state index in [-0.39, 0.29) is 5.54 Å². The molecule has 1 heterocycles.